The number of allylic oxidation sites excluding steroid dienone is 1. The van der Waals surface area contributed by atoms with Crippen molar-refractivity contribution in [2.45, 2.75) is 6.92 Å². The van der Waals surface area contributed by atoms with Gasteiger partial charge in [0.25, 0.3) is 0 Å². The SMILES string of the molecule is CC(N)=C(C#N)C(=O)COc1ncnc2ccc(Br)cc12. The molecule has 21 heavy (non-hydrogen) atoms. The minimum absolute atomic E-state index is 0.102. The number of fused-ring (bicyclic) bond motifs is 1. The van der Waals surface area contributed by atoms with Gasteiger partial charge in [-0.3, -0.25) is 4.79 Å². The number of benzene rings is 1. The number of rotatable bonds is 4. The van der Waals surface area contributed by atoms with Gasteiger partial charge < -0.3 is 10.5 Å². The second-order valence-electron chi connectivity index (χ2n) is 4.22. The van der Waals surface area contributed by atoms with E-state index in [9.17, 15) is 4.79 Å². The Morgan fingerprint density at radius 2 is 2.24 bits per heavy atom. The fourth-order valence-corrected chi connectivity index (χ4v) is 2.06. The molecule has 0 amide bonds. The molecular weight excluding hydrogens is 336 g/mol. The van der Waals surface area contributed by atoms with Crippen molar-refractivity contribution >= 4 is 32.6 Å². The zero-order valence-electron chi connectivity index (χ0n) is 11.1. The van der Waals surface area contributed by atoms with Crippen LogP contribution in [0.2, 0.25) is 0 Å². The predicted molar refractivity (Wildman–Crippen MR) is 80.2 cm³/mol. The molecule has 0 aliphatic carbocycles. The van der Waals surface area contributed by atoms with E-state index in [4.69, 9.17) is 15.7 Å². The van der Waals surface area contributed by atoms with Crippen molar-refractivity contribution in [2.75, 3.05) is 6.61 Å². The Bertz CT molecular complexity index is 776. The molecule has 0 atom stereocenters. The first-order chi connectivity index (χ1) is 10.0. The Morgan fingerprint density at radius 3 is 2.90 bits per heavy atom. The Kier molecular flexibility index (Phi) is 4.50. The quantitative estimate of drug-likeness (QED) is 0.671. The molecule has 0 bridgehead atoms. The first kappa shape index (κ1) is 14.9. The summed E-state index contributed by atoms with van der Waals surface area (Å²) < 4.78 is 6.25. The maximum absolute atomic E-state index is 11.9. The lowest BCUT2D eigenvalue weighted by Gasteiger charge is -2.07. The van der Waals surface area contributed by atoms with Crippen LogP contribution in [0.15, 0.2) is 40.3 Å². The zero-order valence-corrected chi connectivity index (χ0v) is 12.7. The van der Waals surface area contributed by atoms with E-state index < -0.39 is 5.78 Å². The summed E-state index contributed by atoms with van der Waals surface area (Å²) in [6.07, 6.45) is 1.35. The molecule has 0 saturated heterocycles. The molecule has 1 aromatic carbocycles. The maximum Gasteiger partial charge on any atom is 0.224 e. The molecule has 2 aromatic rings. The van der Waals surface area contributed by atoms with E-state index in [1.807, 2.05) is 6.07 Å². The average Bonchev–Trinajstić information content (AvgIpc) is 2.45. The van der Waals surface area contributed by atoms with Crippen molar-refractivity contribution in [3.05, 3.63) is 40.3 Å². The fraction of sp³-hybridized carbons (Fsp3) is 0.143. The first-order valence-electron chi connectivity index (χ1n) is 5.95. The highest BCUT2D eigenvalue weighted by Gasteiger charge is 2.14. The largest absolute Gasteiger partial charge is 0.469 e. The number of ether oxygens (including phenoxy) is 1. The van der Waals surface area contributed by atoms with Crippen LogP contribution in [-0.4, -0.2) is 22.4 Å². The summed E-state index contributed by atoms with van der Waals surface area (Å²) in [6, 6.07) is 7.22. The van der Waals surface area contributed by atoms with E-state index in [-0.39, 0.29) is 23.8 Å². The van der Waals surface area contributed by atoms with Crippen LogP contribution in [0.5, 0.6) is 5.88 Å². The normalized spacial score (nSPS) is 11.7. The monoisotopic (exact) mass is 346 g/mol. The molecule has 0 fully saturated rings. The van der Waals surface area contributed by atoms with Crippen molar-refractivity contribution in [3.8, 4) is 11.9 Å². The second kappa shape index (κ2) is 6.33. The molecule has 1 aromatic heterocycles. The fourth-order valence-electron chi connectivity index (χ4n) is 1.70. The van der Waals surface area contributed by atoms with Gasteiger partial charge >= 0.3 is 0 Å². The maximum atomic E-state index is 11.9. The van der Waals surface area contributed by atoms with Crippen molar-refractivity contribution in [3.63, 3.8) is 0 Å². The summed E-state index contributed by atoms with van der Waals surface area (Å²) in [4.78, 5) is 20.0. The van der Waals surface area contributed by atoms with Crippen LogP contribution < -0.4 is 10.5 Å². The highest BCUT2D eigenvalue weighted by molar-refractivity contribution is 9.10. The molecular formula is C14H11BrN4O2. The summed E-state index contributed by atoms with van der Waals surface area (Å²) in [6.45, 7) is 1.18. The summed E-state index contributed by atoms with van der Waals surface area (Å²) in [5, 5.41) is 9.55. The molecule has 0 radical (unpaired) electrons. The van der Waals surface area contributed by atoms with Gasteiger partial charge in [-0.05, 0) is 25.1 Å². The number of carbonyl (C=O) groups is 1. The lowest BCUT2D eigenvalue weighted by molar-refractivity contribution is -0.117. The number of nitrogens with zero attached hydrogens (tertiary/aromatic N) is 3. The Balaban J connectivity index is 2.26. The molecule has 0 spiro atoms. The number of Topliss-reactive ketones (excluding diaryl/α,β-unsaturated/α-hetero) is 1. The Morgan fingerprint density at radius 1 is 1.48 bits per heavy atom. The number of hydrogen-bond donors (Lipinski definition) is 1. The molecule has 2 N–H and O–H groups in total. The topological polar surface area (TPSA) is 102 Å². The summed E-state index contributed by atoms with van der Waals surface area (Å²) in [5.74, 6) is -0.208. The number of ketones is 1. The minimum Gasteiger partial charge on any atom is -0.469 e. The van der Waals surface area contributed by atoms with Crippen molar-refractivity contribution in [1.29, 1.82) is 5.26 Å². The first-order valence-corrected chi connectivity index (χ1v) is 6.75. The van der Waals surface area contributed by atoms with Gasteiger partial charge in [0.1, 0.15) is 18.0 Å². The van der Waals surface area contributed by atoms with E-state index in [1.165, 1.54) is 13.3 Å². The van der Waals surface area contributed by atoms with E-state index in [1.54, 1.807) is 18.2 Å². The highest BCUT2D eigenvalue weighted by Crippen LogP contribution is 2.24. The van der Waals surface area contributed by atoms with Crippen LogP contribution in [0, 0.1) is 11.3 Å². The number of halogens is 1. The number of carbonyl (C=O) groups excluding carboxylic acids is 1. The number of nitrogens with two attached hydrogens (primary N) is 1. The van der Waals surface area contributed by atoms with Gasteiger partial charge in [-0.25, -0.2) is 9.97 Å². The van der Waals surface area contributed by atoms with E-state index in [0.717, 1.165) is 4.47 Å². The van der Waals surface area contributed by atoms with E-state index >= 15 is 0 Å². The standard InChI is InChI=1S/C14H11BrN4O2/c1-8(17)11(5-16)13(20)6-21-14-10-4-9(15)2-3-12(10)18-7-19-14/h2-4,7H,6,17H2,1H3. The van der Waals surface area contributed by atoms with Crippen molar-refractivity contribution in [1.82, 2.24) is 9.97 Å². The van der Waals surface area contributed by atoms with Gasteiger partial charge in [-0.15, -0.1) is 0 Å². The lowest BCUT2D eigenvalue weighted by Crippen LogP contribution is -2.16. The number of hydrogen-bond acceptors (Lipinski definition) is 6. The minimum atomic E-state index is -0.487. The van der Waals surface area contributed by atoms with Crippen LogP contribution in [-0.2, 0) is 4.79 Å². The van der Waals surface area contributed by atoms with Gasteiger partial charge in [-0.2, -0.15) is 5.26 Å². The highest BCUT2D eigenvalue weighted by atomic mass is 79.9. The Labute approximate surface area is 129 Å². The molecule has 0 saturated carbocycles. The Hall–Kier alpha value is -2.46. The number of aromatic nitrogens is 2. The van der Waals surface area contributed by atoms with Crippen molar-refractivity contribution in [2.24, 2.45) is 5.73 Å². The van der Waals surface area contributed by atoms with Crippen molar-refractivity contribution < 1.29 is 9.53 Å². The van der Waals surface area contributed by atoms with Crippen LogP contribution in [0.3, 0.4) is 0 Å². The number of nitriles is 1. The lowest BCUT2D eigenvalue weighted by atomic mass is 10.1. The molecule has 1 heterocycles. The summed E-state index contributed by atoms with van der Waals surface area (Å²) >= 11 is 3.36. The third-order valence-electron chi connectivity index (χ3n) is 2.69. The van der Waals surface area contributed by atoms with Gasteiger partial charge in [-0.1, -0.05) is 15.9 Å². The second-order valence-corrected chi connectivity index (χ2v) is 5.14. The molecule has 6 nitrogen and oxygen atoms in total. The molecule has 106 valence electrons. The van der Waals surface area contributed by atoms with Crippen LogP contribution in [0.1, 0.15) is 6.92 Å². The molecule has 2 rings (SSSR count). The third-order valence-corrected chi connectivity index (χ3v) is 3.18. The van der Waals surface area contributed by atoms with Crippen LogP contribution in [0.4, 0.5) is 0 Å². The zero-order chi connectivity index (χ0) is 15.4. The average molecular weight is 347 g/mol. The molecule has 0 unspecified atom stereocenters. The summed E-state index contributed by atoms with van der Waals surface area (Å²) in [7, 11) is 0. The van der Waals surface area contributed by atoms with Crippen LogP contribution in [0.25, 0.3) is 10.9 Å². The van der Waals surface area contributed by atoms with Gasteiger partial charge in [0, 0.05) is 10.2 Å². The smallest absolute Gasteiger partial charge is 0.224 e. The molecule has 0 aliphatic heterocycles. The van der Waals surface area contributed by atoms with Gasteiger partial charge in [0.05, 0.1) is 10.9 Å². The third kappa shape index (κ3) is 3.35. The molecule has 7 heteroatoms. The molecule has 0 aliphatic rings. The summed E-state index contributed by atoms with van der Waals surface area (Å²) in [5.41, 5.74) is 6.24. The van der Waals surface area contributed by atoms with Gasteiger partial charge in [0.15, 0.2) is 6.61 Å². The predicted octanol–water partition coefficient (Wildman–Crippen LogP) is 2.10. The van der Waals surface area contributed by atoms with E-state index in [0.29, 0.717) is 10.9 Å². The van der Waals surface area contributed by atoms with Crippen LogP contribution >= 0.6 is 15.9 Å². The van der Waals surface area contributed by atoms with Gasteiger partial charge in [0.2, 0.25) is 11.7 Å². The van der Waals surface area contributed by atoms with E-state index in [2.05, 4.69) is 25.9 Å².